The van der Waals surface area contributed by atoms with Gasteiger partial charge in [0, 0.05) is 24.2 Å². The lowest BCUT2D eigenvalue weighted by Crippen LogP contribution is -2.50. The highest BCUT2D eigenvalue weighted by Crippen LogP contribution is 2.26. The zero-order valence-corrected chi connectivity index (χ0v) is 20.2. The number of morpholine rings is 1. The van der Waals surface area contributed by atoms with Crippen LogP contribution in [0.4, 0.5) is 5.82 Å². The fourth-order valence-electron chi connectivity index (χ4n) is 3.36. The summed E-state index contributed by atoms with van der Waals surface area (Å²) in [6.45, 7) is 7.99. The molecule has 1 aromatic heterocycles. The number of benzene rings is 1. The summed E-state index contributed by atoms with van der Waals surface area (Å²) in [4.78, 5) is 31.5. The molecule has 1 fully saturated rings. The van der Waals surface area contributed by atoms with Crippen LogP contribution in [0.25, 0.3) is 0 Å². The van der Waals surface area contributed by atoms with E-state index in [-0.39, 0.29) is 25.7 Å². The molecule has 0 spiro atoms. The molecule has 1 aliphatic heterocycles. The molecule has 1 saturated heterocycles. The molecule has 2 heterocycles. The first kappa shape index (κ1) is 25.6. The van der Waals surface area contributed by atoms with Gasteiger partial charge in [0.2, 0.25) is 5.82 Å². The Hall–Kier alpha value is -3.03. The molecule has 1 N–H and O–H groups in total. The van der Waals surface area contributed by atoms with Crippen molar-refractivity contribution in [2.75, 3.05) is 44.4 Å². The summed E-state index contributed by atoms with van der Waals surface area (Å²) in [6.07, 6.45) is -0.963. The lowest BCUT2D eigenvalue weighted by molar-refractivity contribution is -0.763. The number of amides is 1. The monoisotopic (exact) mass is 495 g/mol. The van der Waals surface area contributed by atoms with Crippen molar-refractivity contribution in [3.05, 3.63) is 45.5 Å². The Bertz CT molecular complexity index is 957. The minimum absolute atomic E-state index is 0.0406. The molecule has 0 saturated carbocycles. The molecular weight excluding hydrogens is 466 g/mol. The fraction of sp³-hybridized carbons (Fsp3) is 0.571. The molecule has 1 amide bonds. The van der Waals surface area contributed by atoms with Crippen LogP contribution in [0.3, 0.4) is 0 Å². The van der Waals surface area contributed by atoms with Crippen molar-refractivity contribution in [1.82, 2.24) is 13.6 Å². The van der Waals surface area contributed by atoms with Crippen LogP contribution in [0.15, 0.2) is 24.3 Å². The van der Waals surface area contributed by atoms with Crippen LogP contribution in [0.5, 0.6) is 5.88 Å². The summed E-state index contributed by atoms with van der Waals surface area (Å²) < 4.78 is 19.6. The van der Waals surface area contributed by atoms with Gasteiger partial charge in [-0.1, -0.05) is 12.1 Å². The quantitative estimate of drug-likeness (QED) is 0.383. The van der Waals surface area contributed by atoms with Crippen LogP contribution in [0, 0.1) is 10.1 Å². The molecule has 2 aromatic rings. The van der Waals surface area contributed by atoms with E-state index in [1.165, 1.54) is 0 Å². The Morgan fingerprint density at radius 1 is 1.29 bits per heavy atom. The van der Waals surface area contributed by atoms with E-state index < -0.39 is 16.7 Å². The second kappa shape index (κ2) is 11.4. The molecule has 1 atom stereocenters. The van der Waals surface area contributed by atoms with E-state index in [1.807, 2.05) is 25.7 Å². The standard InChI is InChI=1S/C21H29N5O7S/c1-21(2,3)25(20(28)16-6-4-15(5-7-16)13-33-26(29)30)12-17(27)14-32-19-18(22-34-23-19)24-8-10-31-11-9-24/h4-7,17,27H,8-14H2,1-3H3/t17-/m0/s1. The number of β-amino-alcohol motifs (C(OH)–C–C–N with tert-alkyl or cyclic N) is 1. The number of aromatic nitrogens is 2. The first-order chi connectivity index (χ1) is 16.1. The van der Waals surface area contributed by atoms with Gasteiger partial charge >= 0.3 is 0 Å². The number of aliphatic hydroxyl groups is 1. The van der Waals surface area contributed by atoms with Crippen molar-refractivity contribution >= 4 is 23.5 Å². The van der Waals surface area contributed by atoms with E-state index >= 15 is 0 Å². The Balaban J connectivity index is 1.61. The van der Waals surface area contributed by atoms with Gasteiger partial charge in [0.05, 0.1) is 31.5 Å². The van der Waals surface area contributed by atoms with E-state index in [2.05, 4.69) is 13.6 Å². The molecule has 0 aliphatic carbocycles. The highest BCUT2D eigenvalue weighted by Gasteiger charge is 2.30. The molecule has 3 rings (SSSR count). The smallest absolute Gasteiger partial charge is 0.294 e. The Kier molecular flexibility index (Phi) is 8.58. The average molecular weight is 496 g/mol. The predicted molar refractivity (Wildman–Crippen MR) is 123 cm³/mol. The molecule has 186 valence electrons. The van der Waals surface area contributed by atoms with Gasteiger partial charge in [0.15, 0.2) is 0 Å². The Morgan fingerprint density at radius 3 is 2.59 bits per heavy atom. The van der Waals surface area contributed by atoms with E-state index in [0.717, 1.165) is 11.7 Å². The Labute approximate surface area is 201 Å². The number of anilines is 1. The summed E-state index contributed by atoms with van der Waals surface area (Å²) in [5.41, 5.74) is 0.384. The van der Waals surface area contributed by atoms with Gasteiger partial charge < -0.3 is 29.2 Å². The lowest BCUT2D eigenvalue weighted by Gasteiger charge is -2.37. The van der Waals surface area contributed by atoms with Crippen LogP contribution < -0.4 is 9.64 Å². The molecular formula is C21H29N5O7S. The number of hydrogen-bond donors (Lipinski definition) is 1. The highest BCUT2D eigenvalue weighted by atomic mass is 32.1. The molecule has 0 bridgehead atoms. The lowest BCUT2D eigenvalue weighted by atomic mass is 10.0. The van der Waals surface area contributed by atoms with Crippen LogP contribution in [-0.2, 0) is 16.2 Å². The third-order valence-corrected chi connectivity index (χ3v) is 5.65. The normalized spacial score (nSPS) is 15.0. The fourth-order valence-corrected chi connectivity index (χ4v) is 3.88. The van der Waals surface area contributed by atoms with E-state index in [1.54, 1.807) is 29.2 Å². The first-order valence-corrected chi connectivity index (χ1v) is 11.5. The van der Waals surface area contributed by atoms with Crippen LogP contribution >= 0.6 is 11.7 Å². The maximum Gasteiger partial charge on any atom is 0.294 e. The van der Waals surface area contributed by atoms with Gasteiger partial charge in [0.25, 0.3) is 16.9 Å². The molecule has 34 heavy (non-hydrogen) atoms. The van der Waals surface area contributed by atoms with Gasteiger partial charge in [-0.15, -0.1) is 14.5 Å². The largest absolute Gasteiger partial charge is 0.472 e. The minimum Gasteiger partial charge on any atom is -0.472 e. The molecule has 1 aromatic carbocycles. The van der Waals surface area contributed by atoms with Gasteiger partial charge in [0.1, 0.15) is 19.3 Å². The first-order valence-electron chi connectivity index (χ1n) is 10.8. The minimum atomic E-state index is -0.963. The van der Waals surface area contributed by atoms with Crippen molar-refractivity contribution in [2.45, 2.75) is 39.0 Å². The predicted octanol–water partition coefficient (Wildman–Crippen LogP) is 1.76. The molecule has 0 radical (unpaired) electrons. The number of carbonyl (C=O) groups is 1. The number of aliphatic hydroxyl groups excluding tert-OH is 1. The summed E-state index contributed by atoms with van der Waals surface area (Å²) in [7, 11) is 0. The SMILES string of the molecule is CC(C)(C)N(C[C@H](O)COc1nsnc1N1CCOCC1)C(=O)c1ccc(CO[N+](=O)[O-])cc1. The van der Waals surface area contributed by atoms with Crippen molar-refractivity contribution in [2.24, 2.45) is 0 Å². The number of nitrogens with zero attached hydrogens (tertiary/aromatic N) is 5. The third-order valence-electron chi connectivity index (χ3n) is 5.15. The Morgan fingerprint density at radius 2 is 1.97 bits per heavy atom. The van der Waals surface area contributed by atoms with Gasteiger partial charge in [-0.25, -0.2) is 0 Å². The number of ether oxygens (including phenoxy) is 2. The van der Waals surface area contributed by atoms with Crippen LogP contribution in [0.1, 0.15) is 36.7 Å². The van der Waals surface area contributed by atoms with Crippen molar-refractivity contribution in [3.8, 4) is 5.88 Å². The number of hydrogen-bond acceptors (Lipinski definition) is 11. The molecule has 12 nitrogen and oxygen atoms in total. The molecule has 0 unspecified atom stereocenters. The molecule has 13 heteroatoms. The van der Waals surface area contributed by atoms with E-state index in [0.29, 0.717) is 49.1 Å². The van der Waals surface area contributed by atoms with E-state index in [4.69, 9.17) is 9.47 Å². The zero-order chi connectivity index (χ0) is 24.7. The highest BCUT2D eigenvalue weighted by molar-refractivity contribution is 6.99. The van der Waals surface area contributed by atoms with Crippen LogP contribution in [-0.4, -0.2) is 80.8 Å². The number of rotatable bonds is 10. The second-order valence-corrected chi connectivity index (χ2v) is 9.27. The van der Waals surface area contributed by atoms with Gasteiger partial charge in [-0.3, -0.25) is 4.79 Å². The van der Waals surface area contributed by atoms with Gasteiger partial charge in [-0.2, -0.15) is 4.37 Å². The average Bonchev–Trinajstić information content (AvgIpc) is 3.28. The van der Waals surface area contributed by atoms with Crippen LogP contribution in [0.2, 0.25) is 0 Å². The summed E-state index contributed by atoms with van der Waals surface area (Å²) in [5.74, 6) is 0.704. The summed E-state index contributed by atoms with van der Waals surface area (Å²) >= 11 is 1.04. The maximum absolute atomic E-state index is 13.2. The maximum atomic E-state index is 13.2. The zero-order valence-electron chi connectivity index (χ0n) is 19.4. The third kappa shape index (κ3) is 6.98. The summed E-state index contributed by atoms with van der Waals surface area (Å²) in [6, 6.07) is 6.36. The number of carbonyl (C=O) groups excluding carboxylic acids is 1. The van der Waals surface area contributed by atoms with E-state index in [9.17, 15) is 20.0 Å². The summed E-state index contributed by atoms with van der Waals surface area (Å²) in [5, 5.41) is 20.2. The topological polar surface area (TPSA) is 140 Å². The van der Waals surface area contributed by atoms with Crippen molar-refractivity contribution in [3.63, 3.8) is 0 Å². The second-order valence-electron chi connectivity index (χ2n) is 8.74. The van der Waals surface area contributed by atoms with Crippen molar-refractivity contribution in [1.29, 1.82) is 0 Å². The van der Waals surface area contributed by atoms with Gasteiger partial charge in [-0.05, 0) is 38.5 Å². The van der Waals surface area contributed by atoms with Crippen molar-refractivity contribution < 1.29 is 29.3 Å². The molecule has 1 aliphatic rings.